The first-order valence-corrected chi connectivity index (χ1v) is 4.72. The number of carbonyl (C=O) groups is 1. The molecule has 0 heterocycles. The van der Waals surface area contributed by atoms with Gasteiger partial charge in [0.1, 0.15) is 6.61 Å². The summed E-state index contributed by atoms with van der Waals surface area (Å²) in [5, 5.41) is 8.23. The van der Waals surface area contributed by atoms with Crippen molar-refractivity contribution in [2.24, 2.45) is 0 Å². The number of aliphatic carboxylic acids is 1. The first kappa shape index (κ1) is 13.4. The molecule has 0 aromatic heterocycles. The van der Waals surface area contributed by atoms with Crippen molar-refractivity contribution in [2.75, 3.05) is 39.6 Å². The summed E-state index contributed by atoms with van der Waals surface area (Å²) < 4.78 is 15.0. The van der Waals surface area contributed by atoms with Gasteiger partial charge in [0.2, 0.25) is 0 Å². The van der Waals surface area contributed by atoms with Gasteiger partial charge in [-0.2, -0.15) is 0 Å². The Bertz CT molecular complexity index is 137. The van der Waals surface area contributed by atoms with Gasteiger partial charge in [-0.3, -0.25) is 0 Å². The van der Waals surface area contributed by atoms with Crippen LogP contribution in [0.4, 0.5) is 0 Å². The Balaban J connectivity index is 2.88. The van der Waals surface area contributed by atoms with Crippen LogP contribution in [0.5, 0.6) is 0 Å². The molecule has 0 rings (SSSR count). The van der Waals surface area contributed by atoms with Crippen LogP contribution in [-0.4, -0.2) is 50.7 Å². The topological polar surface area (TPSA) is 65.0 Å². The lowest BCUT2D eigenvalue weighted by Gasteiger charge is -2.04. The smallest absolute Gasteiger partial charge is 0.329 e. The van der Waals surface area contributed by atoms with E-state index >= 15 is 0 Å². The van der Waals surface area contributed by atoms with Crippen LogP contribution in [0.2, 0.25) is 0 Å². The molecule has 14 heavy (non-hydrogen) atoms. The Labute approximate surface area is 84.0 Å². The van der Waals surface area contributed by atoms with Crippen molar-refractivity contribution in [1.82, 2.24) is 0 Å². The van der Waals surface area contributed by atoms with Crippen LogP contribution < -0.4 is 0 Å². The zero-order chi connectivity index (χ0) is 10.6. The molecule has 0 unspecified atom stereocenters. The third-order valence-electron chi connectivity index (χ3n) is 1.32. The van der Waals surface area contributed by atoms with Crippen molar-refractivity contribution < 1.29 is 24.1 Å². The molecule has 0 spiro atoms. The molecule has 0 saturated heterocycles. The predicted molar refractivity (Wildman–Crippen MR) is 50.4 cm³/mol. The summed E-state index contributed by atoms with van der Waals surface area (Å²) in [7, 11) is 0. The van der Waals surface area contributed by atoms with Gasteiger partial charge in [0.25, 0.3) is 0 Å². The van der Waals surface area contributed by atoms with Gasteiger partial charge < -0.3 is 19.3 Å². The number of ether oxygens (including phenoxy) is 3. The summed E-state index contributed by atoms with van der Waals surface area (Å²) in [6.07, 6.45) is 1.00. The number of rotatable bonds is 10. The fourth-order valence-corrected chi connectivity index (χ4v) is 0.744. The van der Waals surface area contributed by atoms with Gasteiger partial charge in [-0.1, -0.05) is 6.92 Å². The highest BCUT2D eigenvalue weighted by Gasteiger charge is 1.95. The maximum atomic E-state index is 10.0. The Morgan fingerprint density at radius 2 is 1.50 bits per heavy atom. The standard InChI is InChI=1S/C9H18O5/c1-2-3-12-4-5-13-6-7-14-8-9(10)11/h2-8H2,1H3,(H,10,11). The molecule has 0 aliphatic carbocycles. The molecule has 0 amide bonds. The zero-order valence-electron chi connectivity index (χ0n) is 8.53. The molecule has 0 fully saturated rings. The molecule has 5 nitrogen and oxygen atoms in total. The quantitative estimate of drug-likeness (QED) is 0.528. The second-order valence-corrected chi connectivity index (χ2v) is 2.67. The van der Waals surface area contributed by atoms with Crippen molar-refractivity contribution in [2.45, 2.75) is 13.3 Å². The molecule has 84 valence electrons. The lowest BCUT2D eigenvalue weighted by molar-refractivity contribution is -0.142. The van der Waals surface area contributed by atoms with E-state index in [1.807, 2.05) is 6.92 Å². The minimum atomic E-state index is -0.962. The lowest BCUT2D eigenvalue weighted by atomic mass is 10.5. The Hall–Kier alpha value is -0.650. The third kappa shape index (κ3) is 11.4. The second kappa shape index (κ2) is 10.4. The van der Waals surface area contributed by atoms with Crippen LogP contribution in [0.1, 0.15) is 13.3 Å². The summed E-state index contributed by atoms with van der Waals surface area (Å²) in [5.41, 5.74) is 0. The highest BCUT2D eigenvalue weighted by molar-refractivity contribution is 5.67. The molecule has 0 atom stereocenters. The van der Waals surface area contributed by atoms with Gasteiger partial charge in [0.05, 0.1) is 26.4 Å². The van der Waals surface area contributed by atoms with Gasteiger partial charge >= 0.3 is 5.97 Å². The maximum Gasteiger partial charge on any atom is 0.329 e. The minimum absolute atomic E-state index is 0.268. The van der Waals surface area contributed by atoms with Crippen LogP contribution in [0, 0.1) is 0 Å². The SMILES string of the molecule is CCCOCCOCCOCC(=O)O. The fraction of sp³-hybridized carbons (Fsp3) is 0.889. The molecular formula is C9H18O5. The van der Waals surface area contributed by atoms with E-state index in [4.69, 9.17) is 19.3 Å². The van der Waals surface area contributed by atoms with Crippen molar-refractivity contribution in [3.8, 4) is 0 Å². The van der Waals surface area contributed by atoms with Gasteiger partial charge in [-0.15, -0.1) is 0 Å². The van der Waals surface area contributed by atoms with Crippen LogP contribution in [0.15, 0.2) is 0 Å². The number of carboxylic acids is 1. The average molecular weight is 206 g/mol. The van der Waals surface area contributed by atoms with Crippen LogP contribution >= 0.6 is 0 Å². The molecule has 0 aliphatic rings. The average Bonchev–Trinajstić information content (AvgIpc) is 2.15. The summed E-state index contributed by atoms with van der Waals surface area (Å²) in [5.74, 6) is -0.962. The molecule has 0 bridgehead atoms. The van der Waals surface area contributed by atoms with Crippen LogP contribution in [0.3, 0.4) is 0 Å². The summed E-state index contributed by atoms with van der Waals surface area (Å²) >= 11 is 0. The zero-order valence-corrected chi connectivity index (χ0v) is 8.53. The van der Waals surface area contributed by atoms with Crippen LogP contribution in [0.25, 0.3) is 0 Å². The molecule has 0 aliphatic heterocycles. The molecule has 0 radical (unpaired) electrons. The predicted octanol–water partition coefficient (Wildman–Crippen LogP) is 0.531. The number of hydrogen-bond donors (Lipinski definition) is 1. The van der Waals surface area contributed by atoms with E-state index in [1.54, 1.807) is 0 Å². The molecule has 0 aromatic rings. The highest BCUT2D eigenvalue weighted by Crippen LogP contribution is 1.83. The van der Waals surface area contributed by atoms with Crippen molar-refractivity contribution in [3.05, 3.63) is 0 Å². The Morgan fingerprint density at radius 3 is 2.00 bits per heavy atom. The Morgan fingerprint density at radius 1 is 1.00 bits per heavy atom. The molecule has 1 N–H and O–H groups in total. The summed E-state index contributed by atoms with van der Waals surface area (Å²) in [6.45, 7) is 4.33. The van der Waals surface area contributed by atoms with E-state index < -0.39 is 5.97 Å². The monoisotopic (exact) mass is 206 g/mol. The first-order chi connectivity index (χ1) is 6.77. The van der Waals surface area contributed by atoms with Gasteiger partial charge in [-0.25, -0.2) is 4.79 Å². The summed E-state index contributed by atoms with van der Waals surface area (Å²) in [4.78, 5) is 10.0. The molecule has 0 aromatic carbocycles. The van der Waals surface area contributed by atoms with Gasteiger partial charge in [-0.05, 0) is 6.42 Å². The number of hydrogen-bond acceptors (Lipinski definition) is 4. The lowest BCUT2D eigenvalue weighted by Crippen LogP contribution is -2.13. The minimum Gasteiger partial charge on any atom is -0.480 e. The normalized spacial score (nSPS) is 10.4. The summed E-state index contributed by atoms with van der Waals surface area (Å²) in [6, 6.07) is 0. The molecule has 5 heteroatoms. The molecular weight excluding hydrogens is 188 g/mol. The van der Waals surface area contributed by atoms with Gasteiger partial charge in [0, 0.05) is 6.61 Å². The van der Waals surface area contributed by atoms with E-state index in [9.17, 15) is 4.79 Å². The van der Waals surface area contributed by atoms with Crippen LogP contribution in [-0.2, 0) is 19.0 Å². The first-order valence-electron chi connectivity index (χ1n) is 4.72. The fourth-order valence-electron chi connectivity index (χ4n) is 0.744. The van der Waals surface area contributed by atoms with Crippen molar-refractivity contribution >= 4 is 5.97 Å². The second-order valence-electron chi connectivity index (χ2n) is 2.67. The van der Waals surface area contributed by atoms with E-state index in [0.29, 0.717) is 26.4 Å². The number of carboxylic acid groups (broad SMARTS) is 1. The molecule has 0 saturated carbocycles. The van der Waals surface area contributed by atoms with Crippen molar-refractivity contribution in [1.29, 1.82) is 0 Å². The van der Waals surface area contributed by atoms with E-state index in [2.05, 4.69) is 0 Å². The van der Waals surface area contributed by atoms with E-state index in [1.165, 1.54) is 0 Å². The largest absolute Gasteiger partial charge is 0.480 e. The van der Waals surface area contributed by atoms with E-state index in [-0.39, 0.29) is 6.61 Å². The third-order valence-corrected chi connectivity index (χ3v) is 1.32. The van der Waals surface area contributed by atoms with Crippen molar-refractivity contribution in [3.63, 3.8) is 0 Å². The Kier molecular flexibility index (Phi) is 9.95. The van der Waals surface area contributed by atoms with E-state index in [0.717, 1.165) is 13.0 Å². The van der Waals surface area contributed by atoms with Gasteiger partial charge in [0.15, 0.2) is 0 Å². The highest BCUT2D eigenvalue weighted by atomic mass is 16.5. The maximum absolute atomic E-state index is 10.0.